The molecule has 0 spiro atoms. The van der Waals surface area contributed by atoms with Gasteiger partial charge in [-0.25, -0.2) is 0 Å². The van der Waals surface area contributed by atoms with E-state index in [-0.39, 0.29) is 5.75 Å². The Balaban J connectivity index is 1.94. The third-order valence-electron chi connectivity index (χ3n) is 2.82. The number of rotatable bonds is 5. The number of hydrogen-bond donors (Lipinski definition) is 1. The average Bonchev–Trinajstić information content (AvgIpc) is 3.17. The second-order valence-corrected chi connectivity index (χ2v) is 5.27. The van der Waals surface area contributed by atoms with E-state index in [1.54, 1.807) is 12.4 Å². The molecule has 0 atom stereocenters. The predicted molar refractivity (Wildman–Crippen MR) is 69.9 cm³/mol. The van der Waals surface area contributed by atoms with Crippen molar-refractivity contribution in [2.75, 3.05) is 5.75 Å². The molecule has 0 aliphatic heterocycles. The monoisotopic (exact) mass is 276 g/mol. The van der Waals surface area contributed by atoms with Gasteiger partial charge >= 0.3 is 5.97 Å². The topological polar surface area (TPSA) is 80.9 Å². The second kappa shape index (κ2) is 5.00. The minimum Gasteiger partial charge on any atom is -0.481 e. The predicted octanol–water partition coefficient (Wildman–Crippen LogP) is 1.85. The van der Waals surface area contributed by atoms with Gasteiger partial charge in [0.15, 0.2) is 11.0 Å². The SMILES string of the molecule is O=C(O)CSc1nnc(-c2cccnc2)n1C1CC1. The van der Waals surface area contributed by atoms with Gasteiger partial charge in [-0.05, 0) is 25.0 Å². The molecule has 0 amide bonds. The Hall–Kier alpha value is -1.89. The van der Waals surface area contributed by atoms with Crippen LogP contribution in [0.2, 0.25) is 0 Å². The first-order valence-corrected chi connectivity index (χ1v) is 6.94. The minimum atomic E-state index is -0.849. The summed E-state index contributed by atoms with van der Waals surface area (Å²) in [4.78, 5) is 14.7. The number of carboxylic acid groups (broad SMARTS) is 1. The summed E-state index contributed by atoms with van der Waals surface area (Å²) in [5.41, 5.74) is 0.907. The molecule has 1 N–H and O–H groups in total. The average molecular weight is 276 g/mol. The van der Waals surface area contributed by atoms with Gasteiger partial charge in [-0.15, -0.1) is 10.2 Å². The van der Waals surface area contributed by atoms with Gasteiger partial charge < -0.3 is 5.11 Å². The zero-order chi connectivity index (χ0) is 13.2. The van der Waals surface area contributed by atoms with E-state index in [0.29, 0.717) is 11.2 Å². The van der Waals surface area contributed by atoms with E-state index in [1.807, 2.05) is 16.7 Å². The lowest BCUT2D eigenvalue weighted by Crippen LogP contribution is -2.03. The van der Waals surface area contributed by atoms with E-state index >= 15 is 0 Å². The van der Waals surface area contributed by atoms with Crippen molar-refractivity contribution in [3.63, 3.8) is 0 Å². The highest BCUT2D eigenvalue weighted by atomic mass is 32.2. The highest BCUT2D eigenvalue weighted by molar-refractivity contribution is 7.99. The van der Waals surface area contributed by atoms with Crippen molar-refractivity contribution >= 4 is 17.7 Å². The highest BCUT2D eigenvalue weighted by Gasteiger charge is 2.30. The van der Waals surface area contributed by atoms with Gasteiger partial charge in [0, 0.05) is 24.0 Å². The van der Waals surface area contributed by atoms with Crippen LogP contribution in [0, 0.1) is 0 Å². The van der Waals surface area contributed by atoms with Crippen LogP contribution in [0.15, 0.2) is 29.7 Å². The number of pyridine rings is 1. The molecule has 1 aliphatic rings. The van der Waals surface area contributed by atoms with E-state index in [1.165, 1.54) is 11.8 Å². The fourth-order valence-corrected chi connectivity index (χ4v) is 2.58. The molecule has 1 aliphatic carbocycles. The maximum Gasteiger partial charge on any atom is 0.313 e. The lowest BCUT2D eigenvalue weighted by molar-refractivity contribution is -0.133. The Bertz CT molecular complexity index is 595. The number of carboxylic acids is 1. The summed E-state index contributed by atoms with van der Waals surface area (Å²) in [5.74, 6) is -0.0838. The first-order chi connectivity index (χ1) is 9.25. The van der Waals surface area contributed by atoms with Crippen molar-refractivity contribution < 1.29 is 9.90 Å². The molecule has 1 saturated carbocycles. The van der Waals surface area contributed by atoms with Crippen molar-refractivity contribution in [2.24, 2.45) is 0 Å². The lowest BCUT2D eigenvalue weighted by Gasteiger charge is -2.07. The van der Waals surface area contributed by atoms with Crippen LogP contribution in [0.25, 0.3) is 11.4 Å². The molecule has 98 valence electrons. The third kappa shape index (κ3) is 2.60. The molecular formula is C12H12N4O2S. The first-order valence-electron chi connectivity index (χ1n) is 5.95. The summed E-state index contributed by atoms with van der Waals surface area (Å²) in [6.45, 7) is 0. The standard InChI is InChI=1S/C12H12N4O2S/c17-10(18)7-19-12-15-14-11(16(12)9-3-4-9)8-2-1-5-13-6-8/h1-2,5-6,9H,3-4,7H2,(H,17,18). The zero-order valence-electron chi connectivity index (χ0n) is 10.1. The second-order valence-electron chi connectivity index (χ2n) is 4.33. The molecule has 3 rings (SSSR count). The number of thioether (sulfide) groups is 1. The summed E-state index contributed by atoms with van der Waals surface area (Å²) in [7, 11) is 0. The first kappa shape index (κ1) is 12.2. The van der Waals surface area contributed by atoms with Gasteiger partial charge in [0.25, 0.3) is 0 Å². The van der Waals surface area contributed by atoms with E-state index in [9.17, 15) is 4.79 Å². The fourth-order valence-electron chi connectivity index (χ4n) is 1.86. The molecule has 0 aromatic carbocycles. The van der Waals surface area contributed by atoms with Crippen LogP contribution < -0.4 is 0 Å². The Morgan fingerprint density at radius 2 is 2.32 bits per heavy atom. The summed E-state index contributed by atoms with van der Waals surface area (Å²) >= 11 is 1.21. The molecule has 19 heavy (non-hydrogen) atoms. The molecular weight excluding hydrogens is 264 g/mol. The molecule has 2 aromatic heterocycles. The van der Waals surface area contributed by atoms with Gasteiger partial charge in [0.2, 0.25) is 0 Å². The number of aliphatic carboxylic acids is 1. The van der Waals surface area contributed by atoms with Crippen LogP contribution in [-0.2, 0) is 4.79 Å². The molecule has 0 bridgehead atoms. The molecule has 2 heterocycles. The van der Waals surface area contributed by atoms with Crippen LogP contribution >= 0.6 is 11.8 Å². The van der Waals surface area contributed by atoms with E-state index in [4.69, 9.17) is 5.11 Å². The highest BCUT2D eigenvalue weighted by Crippen LogP contribution is 2.40. The van der Waals surface area contributed by atoms with Crippen molar-refractivity contribution in [2.45, 2.75) is 24.0 Å². The smallest absolute Gasteiger partial charge is 0.313 e. The maximum atomic E-state index is 10.7. The number of carbonyl (C=O) groups is 1. The Labute approximate surface area is 113 Å². The van der Waals surface area contributed by atoms with Gasteiger partial charge in [0.1, 0.15) is 0 Å². The molecule has 6 nitrogen and oxygen atoms in total. The molecule has 1 fully saturated rings. The molecule has 0 radical (unpaired) electrons. The summed E-state index contributed by atoms with van der Waals surface area (Å²) in [5, 5.41) is 17.7. The number of aromatic nitrogens is 4. The normalized spacial score (nSPS) is 14.5. The van der Waals surface area contributed by atoms with E-state index in [0.717, 1.165) is 24.2 Å². The van der Waals surface area contributed by atoms with Gasteiger partial charge in [-0.3, -0.25) is 14.3 Å². The van der Waals surface area contributed by atoms with Crippen molar-refractivity contribution in [1.29, 1.82) is 0 Å². The van der Waals surface area contributed by atoms with Crippen LogP contribution in [0.4, 0.5) is 0 Å². The molecule has 7 heteroatoms. The number of hydrogen-bond acceptors (Lipinski definition) is 5. The zero-order valence-corrected chi connectivity index (χ0v) is 10.9. The van der Waals surface area contributed by atoms with Crippen molar-refractivity contribution in [3.8, 4) is 11.4 Å². The Morgan fingerprint density at radius 1 is 1.47 bits per heavy atom. The van der Waals surface area contributed by atoms with Gasteiger partial charge in [-0.1, -0.05) is 11.8 Å². The van der Waals surface area contributed by atoms with Crippen LogP contribution in [0.1, 0.15) is 18.9 Å². The maximum absolute atomic E-state index is 10.7. The van der Waals surface area contributed by atoms with Gasteiger partial charge in [-0.2, -0.15) is 0 Å². The van der Waals surface area contributed by atoms with Crippen LogP contribution in [0.3, 0.4) is 0 Å². The largest absolute Gasteiger partial charge is 0.481 e. The van der Waals surface area contributed by atoms with E-state index < -0.39 is 5.97 Å². The quantitative estimate of drug-likeness (QED) is 0.839. The fraction of sp³-hybridized carbons (Fsp3) is 0.333. The Morgan fingerprint density at radius 3 is 2.95 bits per heavy atom. The van der Waals surface area contributed by atoms with Gasteiger partial charge in [0.05, 0.1) is 5.75 Å². The van der Waals surface area contributed by atoms with Crippen LogP contribution in [-0.4, -0.2) is 36.6 Å². The van der Waals surface area contributed by atoms with Crippen molar-refractivity contribution in [1.82, 2.24) is 19.7 Å². The third-order valence-corrected chi connectivity index (χ3v) is 3.75. The summed E-state index contributed by atoms with van der Waals surface area (Å²) in [6.07, 6.45) is 5.63. The Kier molecular flexibility index (Phi) is 3.20. The summed E-state index contributed by atoms with van der Waals surface area (Å²) in [6, 6.07) is 4.17. The minimum absolute atomic E-state index is 0.00209. The molecule has 2 aromatic rings. The molecule has 0 unspecified atom stereocenters. The van der Waals surface area contributed by atoms with E-state index in [2.05, 4.69) is 15.2 Å². The summed E-state index contributed by atoms with van der Waals surface area (Å²) < 4.78 is 2.03. The van der Waals surface area contributed by atoms with Crippen LogP contribution in [0.5, 0.6) is 0 Å². The lowest BCUT2D eigenvalue weighted by atomic mass is 10.3. The molecule has 0 saturated heterocycles. The van der Waals surface area contributed by atoms with Crippen molar-refractivity contribution in [3.05, 3.63) is 24.5 Å². The number of nitrogens with zero attached hydrogens (tertiary/aromatic N) is 4.